The Morgan fingerprint density at radius 1 is 0.304 bits per heavy atom. The number of benzene rings is 9. The van der Waals surface area contributed by atoms with Gasteiger partial charge in [-0.15, -0.1) is 11.3 Å². The van der Waals surface area contributed by atoms with Crippen LogP contribution in [0.15, 0.2) is 231 Å². The van der Waals surface area contributed by atoms with Crippen LogP contribution in [0.1, 0.15) is 0 Å². The van der Waals surface area contributed by atoms with Gasteiger partial charge in [-0.3, -0.25) is 9.13 Å². The summed E-state index contributed by atoms with van der Waals surface area (Å²) in [6.07, 6.45) is 0. The molecule has 0 atom stereocenters. The number of para-hydroxylation sites is 2. The van der Waals surface area contributed by atoms with E-state index in [-0.39, 0.29) is 0 Å². The van der Waals surface area contributed by atoms with Crippen molar-refractivity contribution >= 4 is 75.1 Å². The number of hydrogen-bond acceptors (Lipinski definition) is 5. The van der Waals surface area contributed by atoms with Crippen LogP contribution in [0, 0.1) is 0 Å². The summed E-state index contributed by atoms with van der Waals surface area (Å²) in [6.45, 7) is 0. The van der Waals surface area contributed by atoms with Gasteiger partial charge in [0.25, 0.3) is 0 Å². The van der Waals surface area contributed by atoms with E-state index in [0.717, 1.165) is 94.1 Å². The van der Waals surface area contributed by atoms with Crippen molar-refractivity contribution in [2.24, 2.45) is 0 Å². The highest BCUT2D eigenvalue weighted by Crippen LogP contribution is 2.43. The summed E-state index contributed by atoms with van der Waals surface area (Å²) in [7, 11) is 0. The lowest BCUT2D eigenvalue weighted by Gasteiger charge is -2.13. The highest BCUT2D eigenvalue weighted by molar-refractivity contribution is 7.25. The Labute approximate surface area is 400 Å². The molecule has 322 valence electrons. The predicted molar refractivity (Wildman–Crippen MR) is 286 cm³/mol. The van der Waals surface area contributed by atoms with Crippen molar-refractivity contribution in [2.45, 2.75) is 0 Å². The first-order valence-electron chi connectivity index (χ1n) is 23.1. The molecule has 0 aliphatic rings. The summed E-state index contributed by atoms with van der Waals surface area (Å²) in [5.74, 6) is 2.57. The number of nitrogens with zero attached hydrogens (tertiary/aromatic N) is 6. The van der Waals surface area contributed by atoms with Crippen molar-refractivity contribution in [3.63, 3.8) is 0 Å². The van der Waals surface area contributed by atoms with Crippen LogP contribution in [-0.2, 0) is 0 Å². The smallest absolute Gasteiger partial charge is 0.238 e. The van der Waals surface area contributed by atoms with Crippen LogP contribution < -0.4 is 0 Å². The molecule has 0 N–H and O–H groups in total. The minimum Gasteiger partial charge on any atom is -0.294 e. The fourth-order valence-electron chi connectivity index (χ4n) is 10.2. The van der Waals surface area contributed by atoms with Gasteiger partial charge in [-0.2, -0.15) is 9.97 Å². The molecular weight excluding hydrogens is 861 g/mol. The molecule has 0 bridgehead atoms. The Hall–Kier alpha value is -9.04. The molecule has 7 heteroatoms. The van der Waals surface area contributed by atoms with Crippen LogP contribution in [0.4, 0.5) is 0 Å². The lowest BCUT2D eigenvalue weighted by atomic mass is 10.0. The van der Waals surface area contributed by atoms with Gasteiger partial charge in [-0.25, -0.2) is 9.97 Å². The van der Waals surface area contributed by atoms with Gasteiger partial charge in [0.2, 0.25) is 5.95 Å². The average molecular weight is 899 g/mol. The summed E-state index contributed by atoms with van der Waals surface area (Å²) in [6, 6.07) is 81.4. The third kappa shape index (κ3) is 6.47. The minimum atomic E-state index is 0.539. The van der Waals surface area contributed by atoms with Gasteiger partial charge in [-0.05, 0) is 82.9 Å². The highest BCUT2D eigenvalue weighted by Gasteiger charge is 2.24. The lowest BCUT2D eigenvalue weighted by molar-refractivity contribution is 0.955. The van der Waals surface area contributed by atoms with Crippen molar-refractivity contribution in [2.75, 3.05) is 0 Å². The number of thiophene rings is 1. The molecule has 0 saturated heterocycles. The molecule has 0 amide bonds. The summed E-state index contributed by atoms with van der Waals surface area (Å²) < 4.78 is 7.13. The SMILES string of the molecule is c1ccc(-c2cccc(-c3nc(-c4cccc(-c5ccccc5)c4)nc(-n4c5ccccc5c5ccc6c(c7ccccc7n6-c6cccc(-c7ccc8sc9ccccc9c8c7)n6)c54)n3)c2)cc1. The largest absolute Gasteiger partial charge is 0.294 e. The normalized spacial score (nSPS) is 11.8. The van der Waals surface area contributed by atoms with Crippen molar-refractivity contribution in [3.05, 3.63) is 231 Å². The first-order chi connectivity index (χ1) is 34.2. The first-order valence-corrected chi connectivity index (χ1v) is 23.9. The highest BCUT2D eigenvalue weighted by atomic mass is 32.1. The van der Waals surface area contributed by atoms with Crippen molar-refractivity contribution in [1.82, 2.24) is 29.1 Å². The van der Waals surface area contributed by atoms with Gasteiger partial charge in [0.15, 0.2) is 11.6 Å². The van der Waals surface area contributed by atoms with Crippen LogP contribution in [-0.4, -0.2) is 29.1 Å². The third-order valence-electron chi connectivity index (χ3n) is 13.4. The van der Waals surface area contributed by atoms with Crippen molar-refractivity contribution in [1.29, 1.82) is 0 Å². The molecule has 0 radical (unpaired) electrons. The number of aromatic nitrogens is 6. The Morgan fingerprint density at radius 2 is 0.870 bits per heavy atom. The molecule has 9 aromatic carbocycles. The van der Waals surface area contributed by atoms with Gasteiger partial charge >= 0.3 is 0 Å². The van der Waals surface area contributed by atoms with E-state index < -0.39 is 0 Å². The number of hydrogen-bond donors (Lipinski definition) is 0. The standard InChI is InChI=1S/C62H38N6S/c1-3-16-39(17-4-1)41-20-13-22-44(36-41)60-64-61(45-23-14-21-42(37-45)40-18-5-2-6-19-40)66-62(65-60)68-52-28-10-7-24-46(52)48-33-34-54-58(59(48)68)49-26-8-11-29-53(49)67(54)57-31-15-27-51(63-57)43-32-35-56-50(38-43)47-25-9-12-30-55(47)69-56/h1-38H. The van der Waals surface area contributed by atoms with Gasteiger partial charge in [0.1, 0.15) is 5.82 Å². The lowest BCUT2D eigenvalue weighted by Crippen LogP contribution is -2.06. The molecule has 5 aromatic heterocycles. The molecule has 0 saturated carbocycles. The number of rotatable bonds is 7. The van der Waals surface area contributed by atoms with Gasteiger partial charge in [0.05, 0.1) is 27.8 Å². The van der Waals surface area contributed by atoms with E-state index in [1.807, 2.05) is 23.5 Å². The van der Waals surface area contributed by atoms with E-state index in [4.69, 9.17) is 19.9 Å². The third-order valence-corrected chi connectivity index (χ3v) is 14.5. The molecule has 0 aliphatic heterocycles. The monoisotopic (exact) mass is 898 g/mol. The molecule has 6 nitrogen and oxygen atoms in total. The zero-order chi connectivity index (χ0) is 45.4. The molecule has 0 unspecified atom stereocenters. The predicted octanol–water partition coefficient (Wildman–Crippen LogP) is 16.2. The first kappa shape index (κ1) is 39.2. The number of pyridine rings is 1. The minimum absolute atomic E-state index is 0.539. The molecule has 0 fully saturated rings. The van der Waals surface area contributed by atoms with Gasteiger partial charge < -0.3 is 0 Å². The van der Waals surface area contributed by atoms with Crippen molar-refractivity contribution in [3.8, 4) is 68.1 Å². The van der Waals surface area contributed by atoms with E-state index in [2.05, 4.69) is 228 Å². The van der Waals surface area contributed by atoms with Crippen LogP contribution >= 0.6 is 11.3 Å². The molecular formula is C62H38N6S. The summed E-state index contributed by atoms with van der Waals surface area (Å²) in [5.41, 5.74) is 12.4. The van der Waals surface area contributed by atoms with Gasteiger partial charge in [-0.1, -0.05) is 170 Å². The van der Waals surface area contributed by atoms with Gasteiger partial charge in [0, 0.05) is 58.4 Å². The Balaban J connectivity index is 1.01. The summed E-state index contributed by atoms with van der Waals surface area (Å²) >= 11 is 1.83. The zero-order valence-corrected chi connectivity index (χ0v) is 37.8. The maximum Gasteiger partial charge on any atom is 0.238 e. The van der Waals surface area contributed by atoms with E-state index in [9.17, 15) is 0 Å². The number of fused-ring (bicyclic) bond motifs is 10. The second kappa shape index (κ2) is 15.8. The summed E-state index contributed by atoms with van der Waals surface area (Å²) in [4.78, 5) is 21.6. The molecule has 0 spiro atoms. The molecule has 69 heavy (non-hydrogen) atoms. The average Bonchev–Trinajstić information content (AvgIpc) is 4.09. The second-order valence-corrected chi connectivity index (χ2v) is 18.5. The molecule has 5 heterocycles. The maximum atomic E-state index is 5.44. The molecule has 14 rings (SSSR count). The van der Waals surface area contributed by atoms with E-state index in [1.54, 1.807) is 0 Å². The Kier molecular flexibility index (Phi) is 8.97. The topological polar surface area (TPSA) is 61.4 Å². The van der Waals surface area contributed by atoms with Crippen LogP contribution in [0.5, 0.6) is 0 Å². The quantitative estimate of drug-likeness (QED) is 0.160. The zero-order valence-electron chi connectivity index (χ0n) is 37.0. The van der Waals surface area contributed by atoms with Crippen LogP contribution in [0.25, 0.3) is 132 Å². The Morgan fingerprint density at radius 3 is 1.58 bits per heavy atom. The van der Waals surface area contributed by atoms with Crippen molar-refractivity contribution < 1.29 is 0 Å². The summed E-state index contributed by atoms with van der Waals surface area (Å²) in [5, 5.41) is 6.96. The molecule has 14 aromatic rings. The van der Waals surface area contributed by atoms with E-state index >= 15 is 0 Å². The van der Waals surface area contributed by atoms with Crippen LogP contribution in [0.2, 0.25) is 0 Å². The second-order valence-electron chi connectivity index (χ2n) is 17.4. The molecule has 0 aliphatic carbocycles. The van der Waals surface area contributed by atoms with E-state index in [1.165, 1.54) is 20.2 Å². The maximum absolute atomic E-state index is 5.44. The fraction of sp³-hybridized carbons (Fsp3) is 0. The Bertz CT molecular complexity index is 4220. The fourth-order valence-corrected chi connectivity index (χ4v) is 11.3. The van der Waals surface area contributed by atoms with E-state index in [0.29, 0.717) is 17.6 Å². The van der Waals surface area contributed by atoms with Crippen LogP contribution in [0.3, 0.4) is 0 Å².